The molecular formula is C25H29N5O2. The quantitative estimate of drug-likeness (QED) is 0.618. The van der Waals surface area contributed by atoms with Crippen molar-refractivity contribution >= 4 is 17.5 Å². The van der Waals surface area contributed by atoms with Crippen molar-refractivity contribution in [1.29, 1.82) is 0 Å². The third kappa shape index (κ3) is 4.51. The standard InChI is InChI=1S/C25H29N5O2/c1-4-29(3)24-19-17-30(25(31)27-21-13-9-10-14-22(21)32-5-2)16-15-20(19)26-23(28-24)18-11-7-6-8-12-18/h6-14H,4-5,15-17H2,1-3H3,(H,27,31). The zero-order chi connectivity index (χ0) is 22.5. The maximum absolute atomic E-state index is 13.1. The highest BCUT2D eigenvalue weighted by atomic mass is 16.5. The van der Waals surface area contributed by atoms with Crippen LogP contribution in [0.15, 0.2) is 54.6 Å². The van der Waals surface area contributed by atoms with Crippen molar-refractivity contribution in [2.75, 3.05) is 37.0 Å². The molecule has 4 rings (SSSR count). The van der Waals surface area contributed by atoms with Crippen molar-refractivity contribution in [1.82, 2.24) is 14.9 Å². The third-order valence-corrected chi connectivity index (χ3v) is 5.62. The Kier molecular flexibility index (Phi) is 6.54. The van der Waals surface area contributed by atoms with Crippen LogP contribution in [0.2, 0.25) is 0 Å². The van der Waals surface area contributed by atoms with Crippen LogP contribution in [0, 0.1) is 0 Å². The van der Waals surface area contributed by atoms with Gasteiger partial charge in [0.15, 0.2) is 5.82 Å². The van der Waals surface area contributed by atoms with Crippen LogP contribution in [0.25, 0.3) is 11.4 Å². The number of para-hydroxylation sites is 2. The van der Waals surface area contributed by atoms with E-state index >= 15 is 0 Å². The topological polar surface area (TPSA) is 70.6 Å². The molecule has 1 N–H and O–H groups in total. The summed E-state index contributed by atoms with van der Waals surface area (Å²) in [6.07, 6.45) is 0.683. The number of urea groups is 1. The van der Waals surface area contributed by atoms with Crippen molar-refractivity contribution < 1.29 is 9.53 Å². The number of amides is 2. The summed E-state index contributed by atoms with van der Waals surface area (Å²) in [4.78, 5) is 26.7. The summed E-state index contributed by atoms with van der Waals surface area (Å²) in [5.74, 6) is 2.27. The molecule has 0 saturated carbocycles. The van der Waals surface area contributed by atoms with Crippen molar-refractivity contribution in [2.45, 2.75) is 26.8 Å². The molecule has 2 amide bonds. The largest absolute Gasteiger partial charge is 0.492 e. The lowest BCUT2D eigenvalue weighted by molar-refractivity contribution is 0.205. The summed E-state index contributed by atoms with van der Waals surface area (Å²) in [6.45, 7) is 6.43. The third-order valence-electron chi connectivity index (χ3n) is 5.62. The number of hydrogen-bond acceptors (Lipinski definition) is 5. The summed E-state index contributed by atoms with van der Waals surface area (Å²) >= 11 is 0. The van der Waals surface area contributed by atoms with Crippen LogP contribution >= 0.6 is 0 Å². The highest BCUT2D eigenvalue weighted by molar-refractivity contribution is 5.91. The first-order valence-corrected chi connectivity index (χ1v) is 11.0. The van der Waals surface area contributed by atoms with Crippen LogP contribution in [-0.2, 0) is 13.0 Å². The van der Waals surface area contributed by atoms with E-state index in [1.807, 2.05) is 73.5 Å². The molecule has 0 atom stereocenters. The number of nitrogens with one attached hydrogen (secondary N) is 1. The van der Waals surface area contributed by atoms with Crippen molar-refractivity contribution in [3.8, 4) is 17.1 Å². The molecule has 0 spiro atoms. The second kappa shape index (κ2) is 9.68. The van der Waals surface area contributed by atoms with Gasteiger partial charge in [-0.25, -0.2) is 14.8 Å². The Morgan fingerprint density at radius 3 is 2.59 bits per heavy atom. The van der Waals surface area contributed by atoms with Crippen molar-refractivity contribution in [3.05, 3.63) is 65.9 Å². The Bertz CT molecular complexity index is 1090. The van der Waals surface area contributed by atoms with Gasteiger partial charge in [0.2, 0.25) is 0 Å². The number of benzene rings is 2. The number of carbonyl (C=O) groups excluding carboxylic acids is 1. The molecule has 0 aliphatic carbocycles. The number of rotatable bonds is 6. The average Bonchev–Trinajstić information content (AvgIpc) is 2.84. The Hall–Kier alpha value is -3.61. The minimum atomic E-state index is -0.153. The van der Waals surface area contributed by atoms with Gasteiger partial charge in [0.05, 0.1) is 24.5 Å². The molecule has 32 heavy (non-hydrogen) atoms. The van der Waals surface area contributed by atoms with Gasteiger partial charge >= 0.3 is 6.03 Å². The second-order valence-electron chi connectivity index (χ2n) is 7.71. The zero-order valence-corrected chi connectivity index (χ0v) is 18.8. The van der Waals surface area contributed by atoms with Gasteiger partial charge in [0.1, 0.15) is 11.6 Å². The molecule has 0 saturated heterocycles. The van der Waals surface area contributed by atoms with Gasteiger partial charge in [0.25, 0.3) is 0 Å². The summed E-state index contributed by atoms with van der Waals surface area (Å²) in [6, 6.07) is 17.4. The fraction of sp³-hybridized carbons (Fsp3) is 0.320. The average molecular weight is 432 g/mol. The molecule has 3 aromatic rings. The molecule has 7 heteroatoms. The van der Waals surface area contributed by atoms with Gasteiger partial charge in [-0.3, -0.25) is 0 Å². The van der Waals surface area contributed by atoms with Gasteiger partial charge in [-0.2, -0.15) is 0 Å². The van der Waals surface area contributed by atoms with Crippen LogP contribution in [-0.4, -0.2) is 47.6 Å². The van der Waals surface area contributed by atoms with Crippen LogP contribution in [0.5, 0.6) is 5.75 Å². The predicted octanol–water partition coefficient (Wildman–Crippen LogP) is 4.59. The van der Waals surface area contributed by atoms with Gasteiger partial charge < -0.3 is 19.9 Å². The first-order valence-electron chi connectivity index (χ1n) is 11.0. The minimum Gasteiger partial charge on any atom is -0.492 e. The number of ether oxygens (including phenoxy) is 1. The maximum Gasteiger partial charge on any atom is 0.322 e. The van der Waals surface area contributed by atoms with Gasteiger partial charge in [-0.15, -0.1) is 0 Å². The molecule has 0 radical (unpaired) electrons. The van der Waals surface area contributed by atoms with E-state index in [-0.39, 0.29) is 6.03 Å². The van der Waals surface area contributed by atoms with Gasteiger partial charge in [-0.1, -0.05) is 42.5 Å². The lowest BCUT2D eigenvalue weighted by atomic mass is 10.0. The lowest BCUT2D eigenvalue weighted by Crippen LogP contribution is -2.40. The van der Waals surface area contributed by atoms with E-state index in [4.69, 9.17) is 14.7 Å². The number of anilines is 2. The highest BCUT2D eigenvalue weighted by Crippen LogP contribution is 2.30. The molecule has 0 unspecified atom stereocenters. The molecule has 0 fully saturated rings. The number of nitrogens with zero attached hydrogens (tertiary/aromatic N) is 4. The smallest absolute Gasteiger partial charge is 0.322 e. The first kappa shape index (κ1) is 21.6. The molecule has 7 nitrogen and oxygen atoms in total. The Labute approximate surface area is 189 Å². The summed E-state index contributed by atoms with van der Waals surface area (Å²) in [5.41, 5.74) is 3.68. The SMILES string of the molecule is CCOc1ccccc1NC(=O)N1CCc2nc(-c3ccccc3)nc(N(C)CC)c2C1. The zero-order valence-electron chi connectivity index (χ0n) is 18.8. The lowest BCUT2D eigenvalue weighted by Gasteiger charge is -2.31. The number of hydrogen-bond donors (Lipinski definition) is 1. The molecule has 166 valence electrons. The molecule has 0 bridgehead atoms. The monoisotopic (exact) mass is 431 g/mol. The number of aromatic nitrogens is 2. The predicted molar refractivity (Wildman–Crippen MR) is 127 cm³/mol. The van der Waals surface area contributed by atoms with E-state index in [9.17, 15) is 4.79 Å². The molecule has 1 aliphatic heterocycles. The minimum absolute atomic E-state index is 0.153. The van der Waals surface area contributed by atoms with Gasteiger partial charge in [-0.05, 0) is 26.0 Å². The number of carbonyl (C=O) groups is 1. The van der Waals surface area contributed by atoms with E-state index in [0.717, 1.165) is 35.0 Å². The van der Waals surface area contributed by atoms with E-state index in [0.29, 0.717) is 37.6 Å². The van der Waals surface area contributed by atoms with E-state index in [2.05, 4.69) is 17.1 Å². The van der Waals surface area contributed by atoms with Crippen LogP contribution in [0.1, 0.15) is 25.1 Å². The molecule has 2 aromatic carbocycles. The van der Waals surface area contributed by atoms with Crippen molar-refractivity contribution in [2.24, 2.45) is 0 Å². The summed E-state index contributed by atoms with van der Waals surface area (Å²) in [5, 5.41) is 3.00. The van der Waals surface area contributed by atoms with E-state index < -0.39 is 0 Å². The van der Waals surface area contributed by atoms with E-state index in [1.165, 1.54) is 0 Å². The van der Waals surface area contributed by atoms with Crippen molar-refractivity contribution in [3.63, 3.8) is 0 Å². The summed E-state index contributed by atoms with van der Waals surface area (Å²) in [7, 11) is 2.02. The highest BCUT2D eigenvalue weighted by Gasteiger charge is 2.27. The Balaban J connectivity index is 1.61. The van der Waals surface area contributed by atoms with E-state index in [1.54, 1.807) is 0 Å². The molecular weight excluding hydrogens is 402 g/mol. The van der Waals surface area contributed by atoms with Gasteiger partial charge in [0, 0.05) is 37.7 Å². The first-order chi connectivity index (χ1) is 15.6. The molecule has 1 aliphatic rings. The fourth-order valence-corrected chi connectivity index (χ4v) is 3.80. The maximum atomic E-state index is 13.1. The van der Waals surface area contributed by atoms with Crippen LogP contribution < -0.4 is 15.0 Å². The second-order valence-corrected chi connectivity index (χ2v) is 7.71. The van der Waals surface area contributed by atoms with Crippen LogP contribution in [0.3, 0.4) is 0 Å². The van der Waals surface area contributed by atoms with Crippen LogP contribution in [0.4, 0.5) is 16.3 Å². The normalized spacial score (nSPS) is 12.8. The molecule has 1 aromatic heterocycles. The Morgan fingerprint density at radius 2 is 1.84 bits per heavy atom. The molecule has 2 heterocycles. The number of fused-ring (bicyclic) bond motifs is 1. The summed E-state index contributed by atoms with van der Waals surface area (Å²) < 4.78 is 5.64. The Morgan fingerprint density at radius 1 is 1.09 bits per heavy atom. The fourth-order valence-electron chi connectivity index (χ4n) is 3.80.